The maximum atomic E-state index is 13.7. The van der Waals surface area contributed by atoms with Gasteiger partial charge in [0.25, 0.3) is 0 Å². The lowest BCUT2D eigenvalue weighted by Crippen LogP contribution is -2.09. The van der Waals surface area contributed by atoms with Crippen LogP contribution in [0.25, 0.3) is 11.4 Å². The molecule has 2 aromatic rings. The number of nitrogens with one attached hydrogen (secondary N) is 1. The number of aromatic nitrogens is 2. The van der Waals surface area contributed by atoms with Crippen LogP contribution in [0.5, 0.6) is 0 Å². The number of hydrogen-bond acceptors (Lipinski definition) is 1. The van der Waals surface area contributed by atoms with E-state index in [9.17, 15) is 17.6 Å². The van der Waals surface area contributed by atoms with E-state index in [1.54, 1.807) is 0 Å². The zero-order valence-electron chi connectivity index (χ0n) is 9.76. The minimum Gasteiger partial charge on any atom is -0.342 e. The van der Waals surface area contributed by atoms with Crippen molar-refractivity contribution in [3.8, 4) is 11.4 Å². The van der Waals surface area contributed by atoms with Crippen molar-refractivity contribution in [2.75, 3.05) is 0 Å². The minimum absolute atomic E-state index is 0.0627. The Labute approximate surface area is 106 Å². The van der Waals surface area contributed by atoms with Crippen molar-refractivity contribution in [3.05, 3.63) is 41.5 Å². The van der Waals surface area contributed by atoms with E-state index in [-0.39, 0.29) is 5.82 Å². The first-order chi connectivity index (χ1) is 8.97. The van der Waals surface area contributed by atoms with Gasteiger partial charge in [-0.25, -0.2) is 9.37 Å². The number of alkyl halides is 3. The zero-order valence-corrected chi connectivity index (χ0v) is 9.76. The maximum absolute atomic E-state index is 13.7. The topological polar surface area (TPSA) is 28.7 Å². The van der Waals surface area contributed by atoms with Crippen molar-refractivity contribution in [2.24, 2.45) is 0 Å². The number of aromatic amines is 1. The molecule has 19 heavy (non-hydrogen) atoms. The van der Waals surface area contributed by atoms with Gasteiger partial charge >= 0.3 is 6.18 Å². The average Bonchev–Trinajstić information content (AvgIpc) is 3.07. The summed E-state index contributed by atoms with van der Waals surface area (Å²) in [6.07, 6.45) is -1.14. The number of halogens is 4. The van der Waals surface area contributed by atoms with E-state index in [1.807, 2.05) is 0 Å². The number of imidazole rings is 1. The molecule has 1 aromatic heterocycles. The van der Waals surface area contributed by atoms with Crippen LogP contribution < -0.4 is 0 Å². The summed E-state index contributed by atoms with van der Waals surface area (Å²) >= 11 is 0. The Morgan fingerprint density at radius 2 is 1.95 bits per heavy atom. The summed E-state index contributed by atoms with van der Waals surface area (Å²) in [5, 5.41) is 0. The van der Waals surface area contributed by atoms with E-state index in [1.165, 1.54) is 6.20 Å². The van der Waals surface area contributed by atoms with Crippen LogP contribution in [0.1, 0.15) is 30.0 Å². The Morgan fingerprint density at radius 3 is 2.58 bits per heavy atom. The van der Waals surface area contributed by atoms with Gasteiger partial charge in [-0.1, -0.05) is 6.07 Å². The van der Waals surface area contributed by atoms with E-state index in [4.69, 9.17) is 0 Å². The van der Waals surface area contributed by atoms with Gasteiger partial charge in [0.05, 0.1) is 11.1 Å². The molecule has 1 aliphatic carbocycles. The number of hydrogen-bond donors (Lipinski definition) is 1. The molecule has 1 N–H and O–H groups in total. The summed E-state index contributed by atoms with van der Waals surface area (Å²) in [6, 6.07) is 2.91. The van der Waals surface area contributed by atoms with Crippen molar-refractivity contribution in [2.45, 2.75) is 24.9 Å². The Morgan fingerprint density at radius 1 is 1.21 bits per heavy atom. The fourth-order valence-corrected chi connectivity index (χ4v) is 2.07. The van der Waals surface area contributed by atoms with E-state index in [0.29, 0.717) is 5.92 Å². The second-order valence-electron chi connectivity index (χ2n) is 4.62. The standard InChI is InChI=1S/C13H10F4N2/c14-9-3-1-2-8(13(15,16)17)11(9)12-18-6-10(19-12)7-4-5-7/h1-3,6-7H,4-5H2,(H,18,19). The molecular formula is C13H10F4N2. The predicted molar refractivity (Wildman–Crippen MR) is 61.0 cm³/mol. The van der Waals surface area contributed by atoms with Gasteiger partial charge in [0.15, 0.2) is 0 Å². The Hall–Kier alpha value is -1.85. The quantitative estimate of drug-likeness (QED) is 0.817. The summed E-state index contributed by atoms with van der Waals surface area (Å²) in [5.41, 5.74) is -0.752. The number of H-pyrrole nitrogens is 1. The van der Waals surface area contributed by atoms with E-state index in [2.05, 4.69) is 9.97 Å². The molecule has 0 spiro atoms. The summed E-state index contributed by atoms with van der Waals surface area (Å²) < 4.78 is 52.4. The summed E-state index contributed by atoms with van der Waals surface area (Å²) in [6.45, 7) is 0. The molecule has 0 amide bonds. The molecule has 1 saturated carbocycles. The molecule has 0 atom stereocenters. The highest BCUT2D eigenvalue weighted by molar-refractivity contribution is 5.62. The smallest absolute Gasteiger partial charge is 0.342 e. The molecule has 3 rings (SSSR count). The Kier molecular flexibility index (Phi) is 2.62. The van der Waals surface area contributed by atoms with Crippen LogP contribution in [0.3, 0.4) is 0 Å². The van der Waals surface area contributed by atoms with E-state index in [0.717, 1.165) is 36.7 Å². The van der Waals surface area contributed by atoms with Gasteiger partial charge in [-0.3, -0.25) is 0 Å². The predicted octanol–water partition coefficient (Wildman–Crippen LogP) is 4.11. The van der Waals surface area contributed by atoms with Gasteiger partial charge in [0.2, 0.25) is 0 Å². The minimum atomic E-state index is -4.61. The van der Waals surface area contributed by atoms with Crippen LogP contribution in [0.15, 0.2) is 24.4 Å². The highest BCUT2D eigenvalue weighted by atomic mass is 19.4. The molecular weight excluding hydrogens is 260 g/mol. The van der Waals surface area contributed by atoms with Crippen molar-refractivity contribution >= 4 is 0 Å². The lowest BCUT2D eigenvalue weighted by atomic mass is 10.1. The van der Waals surface area contributed by atoms with Gasteiger partial charge in [-0.2, -0.15) is 13.2 Å². The molecule has 0 unspecified atom stereocenters. The van der Waals surface area contributed by atoms with Gasteiger partial charge < -0.3 is 4.98 Å². The lowest BCUT2D eigenvalue weighted by Gasteiger charge is -2.11. The van der Waals surface area contributed by atoms with E-state index < -0.39 is 23.1 Å². The van der Waals surface area contributed by atoms with Crippen LogP contribution in [-0.4, -0.2) is 9.97 Å². The van der Waals surface area contributed by atoms with Crippen molar-refractivity contribution in [1.82, 2.24) is 9.97 Å². The normalized spacial score (nSPS) is 15.8. The molecule has 100 valence electrons. The van der Waals surface area contributed by atoms with Crippen LogP contribution in [0.4, 0.5) is 17.6 Å². The average molecular weight is 270 g/mol. The van der Waals surface area contributed by atoms with Gasteiger partial charge in [0, 0.05) is 17.8 Å². The third-order valence-electron chi connectivity index (χ3n) is 3.17. The van der Waals surface area contributed by atoms with Gasteiger partial charge in [-0.05, 0) is 25.0 Å². The maximum Gasteiger partial charge on any atom is 0.417 e. The second kappa shape index (κ2) is 4.08. The summed E-state index contributed by atoms with van der Waals surface area (Å²) in [4.78, 5) is 6.68. The first-order valence-corrected chi connectivity index (χ1v) is 5.88. The zero-order chi connectivity index (χ0) is 13.6. The highest BCUT2D eigenvalue weighted by Gasteiger charge is 2.36. The largest absolute Gasteiger partial charge is 0.417 e. The first-order valence-electron chi connectivity index (χ1n) is 5.88. The molecule has 0 radical (unpaired) electrons. The third kappa shape index (κ3) is 2.22. The Balaban J connectivity index is 2.11. The molecule has 0 bridgehead atoms. The van der Waals surface area contributed by atoms with Crippen molar-refractivity contribution in [3.63, 3.8) is 0 Å². The molecule has 1 aliphatic rings. The van der Waals surface area contributed by atoms with Gasteiger partial charge in [-0.15, -0.1) is 0 Å². The molecule has 0 aliphatic heterocycles. The van der Waals surface area contributed by atoms with Crippen LogP contribution >= 0.6 is 0 Å². The monoisotopic (exact) mass is 270 g/mol. The van der Waals surface area contributed by atoms with Crippen molar-refractivity contribution in [1.29, 1.82) is 0 Å². The molecule has 1 fully saturated rings. The van der Waals surface area contributed by atoms with Gasteiger partial charge in [0.1, 0.15) is 11.6 Å². The van der Waals surface area contributed by atoms with Crippen LogP contribution in [-0.2, 0) is 6.18 Å². The Bertz CT molecular complexity index is 611. The van der Waals surface area contributed by atoms with Crippen molar-refractivity contribution < 1.29 is 17.6 Å². The number of nitrogens with zero attached hydrogens (tertiary/aromatic N) is 1. The fourth-order valence-electron chi connectivity index (χ4n) is 2.07. The lowest BCUT2D eigenvalue weighted by molar-refractivity contribution is -0.137. The molecule has 1 heterocycles. The second-order valence-corrected chi connectivity index (χ2v) is 4.62. The third-order valence-corrected chi connectivity index (χ3v) is 3.17. The highest BCUT2D eigenvalue weighted by Crippen LogP contribution is 2.41. The molecule has 6 heteroatoms. The SMILES string of the molecule is Fc1cccc(C(F)(F)F)c1-c1ncc(C2CC2)[nH]1. The van der Waals surface area contributed by atoms with Crippen LogP contribution in [0, 0.1) is 5.82 Å². The number of benzene rings is 1. The number of rotatable bonds is 2. The molecule has 2 nitrogen and oxygen atoms in total. The first kappa shape index (κ1) is 12.2. The molecule has 0 saturated heterocycles. The summed E-state index contributed by atoms with van der Waals surface area (Å²) in [5.74, 6) is -0.666. The fraction of sp³-hybridized carbons (Fsp3) is 0.308. The summed E-state index contributed by atoms with van der Waals surface area (Å²) in [7, 11) is 0. The molecule has 1 aromatic carbocycles. The van der Waals surface area contributed by atoms with Crippen LogP contribution in [0.2, 0.25) is 0 Å². The van der Waals surface area contributed by atoms with E-state index >= 15 is 0 Å².